The zero-order valence-electron chi connectivity index (χ0n) is 11.1. The van der Waals surface area contributed by atoms with E-state index in [0.717, 1.165) is 32.0 Å². The maximum absolute atomic E-state index is 11.6. The summed E-state index contributed by atoms with van der Waals surface area (Å²) in [6, 6.07) is 8.14. The molecule has 2 rings (SSSR count). The van der Waals surface area contributed by atoms with Crippen LogP contribution < -0.4 is 9.80 Å². The molecule has 1 fully saturated rings. The van der Waals surface area contributed by atoms with Gasteiger partial charge in [0.15, 0.2) is 0 Å². The van der Waals surface area contributed by atoms with Gasteiger partial charge in [-0.05, 0) is 24.3 Å². The minimum Gasteiger partial charge on any atom is -0.378 e. The number of nitrogens with zero attached hydrogens (tertiary/aromatic N) is 2. The predicted octanol–water partition coefficient (Wildman–Crippen LogP) is 1.90. The Morgan fingerprint density at radius 3 is 2.44 bits per heavy atom. The molecule has 0 radical (unpaired) electrons. The largest absolute Gasteiger partial charge is 0.378 e. The molecule has 0 aromatic heterocycles. The van der Waals surface area contributed by atoms with Crippen LogP contribution in [0, 0.1) is 0 Å². The van der Waals surface area contributed by atoms with Gasteiger partial charge in [-0.3, -0.25) is 4.79 Å². The highest BCUT2D eigenvalue weighted by molar-refractivity contribution is 5.92. The van der Waals surface area contributed by atoms with E-state index >= 15 is 0 Å². The van der Waals surface area contributed by atoms with Crippen LogP contribution in [0.2, 0.25) is 0 Å². The van der Waals surface area contributed by atoms with Crippen LogP contribution in [0.4, 0.5) is 11.4 Å². The molecule has 0 aliphatic carbocycles. The third-order valence-corrected chi connectivity index (χ3v) is 3.29. The standard InChI is InChI=1S/C14H20N2O2/c1-3-14(17)15(2)12-4-6-13(7-5-12)16-8-10-18-11-9-16/h4-7H,3,8-11H2,1-2H3. The van der Waals surface area contributed by atoms with E-state index < -0.39 is 0 Å². The Kier molecular flexibility index (Phi) is 4.20. The van der Waals surface area contributed by atoms with Gasteiger partial charge in [0.1, 0.15) is 0 Å². The molecule has 0 spiro atoms. The van der Waals surface area contributed by atoms with Crippen LogP contribution in [0.1, 0.15) is 13.3 Å². The van der Waals surface area contributed by atoms with Gasteiger partial charge in [-0.2, -0.15) is 0 Å². The first-order valence-corrected chi connectivity index (χ1v) is 6.41. The fourth-order valence-corrected chi connectivity index (χ4v) is 2.09. The van der Waals surface area contributed by atoms with Crippen LogP contribution in [0.5, 0.6) is 0 Å². The van der Waals surface area contributed by atoms with E-state index in [9.17, 15) is 4.79 Å². The lowest BCUT2D eigenvalue weighted by atomic mass is 10.2. The second-order valence-corrected chi connectivity index (χ2v) is 4.42. The number of ether oxygens (including phenoxy) is 1. The Hall–Kier alpha value is -1.55. The Morgan fingerprint density at radius 1 is 1.28 bits per heavy atom. The SMILES string of the molecule is CCC(=O)N(C)c1ccc(N2CCOCC2)cc1. The molecule has 1 aliphatic rings. The van der Waals surface area contributed by atoms with Crippen molar-refractivity contribution in [2.45, 2.75) is 13.3 Å². The summed E-state index contributed by atoms with van der Waals surface area (Å²) in [5.41, 5.74) is 2.14. The molecule has 1 aromatic rings. The summed E-state index contributed by atoms with van der Waals surface area (Å²) in [6.45, 7) is 5.32. The first-order valence-electron chi connectivity index (χ1n) is 6.41. The molecule has 4 heteroatoms. The lowest BCUT2D eigenvalue weighted by molar-refractivity contribution is -0.118. The van der Waals surface area contributed by atoms with Crippen LogP contribution in [0.25, 0.3) is 0 Å². The number of carbonyl (C=O) groups is 1. The Morgan fingerprint density at radius 2 is 1.89 bits per heavy atom. The normalized spacial score (nSPS) is 15.6. The van der Waals surface area contributed by atoms with Crippen molar-refractivity contribution in [1.82, 2.24) is 0 Å². The van der Waals surface area contributed by atoms with Gasteiger partial charge in [0.25, 0.3) is 0 Å². The van der Waals surface area contributed by atoms with Crippen molar-refractivity contribution < 1.29 is 9.53 Å². The quantitative estimate of drug-likeness (QED) is 0.819. The van der Waals surface area contributed by atoms with E-state index in [4.69, 9.17) is 4.74 Å². The van der Waals surface area contributed by atoms with Gasteiger partial charge >= 0.3 is 0 Å². The van der Waals surface area contributed by atoms with Gasteiger partial charge in [0, 0.05) is 37.9 Å². The average Bonchev–Trinajstić information content (AvgIpc) is 2.47. The Balaban J connectivity index is 2.07. The zero-order valence-corrected chi connectivity index (χ0v) is 11.1. The smallest absolute Gasteiger partial charge is 0.226 e. The van der Waals surface area contributed by atoms with Crippen molar-refractivity contribution >= 4 is 17.3 Å². The van der Waals surface area contributed by atoms with Crippen molar-refractivity contribution in [3.8, 4) is 0 Å². The van der Waals surface area contributed by atoms with E-state index in [1.165, 1.54) is 5.69 Å². The summed E-state index contributed by atoms with van der Waals surface area (Å²) < 4.78 is 5.33. The molecule has 1 amide bonds. The number of rotatable bonds is 3. The summed E-state index contributed by atoms with van der Waals surface area (Å²) in [5, 5.41) is 0. The van der Waals surface area contributed by atoms with Gasteiger partial charge in [0.2, 0.25) is 5.91 Å². The monoisotopic (exact) mass is 248 g/mol. The number of carbonyl (C=O) groups excluding carboxylic acids is 1. The van der Waals surface area contributed by atoms with Gasteiger partial charge in [-0.1, -0.05) is 6.92 Å². The molecule has 98 valence electrons. The molecule has 1 aromatic carbocycles. The third kappa shape index (κ3) is 2.82. The van der Waals surface area contributed by atoms with Crippen LogP contribution in [-0.4, -0.2) is 39.3 Å². The van der Waals surface area contributed by atoms with E-state index in [-0.39, 0.29) is 5.91 Å². The van der Waals surface area contributed by atoms with Gasteiger partial charge in [-0.15, -0.1) is 0 Å². The van der Waals surface area contributed by atoms with Crippen LogP contribution in [0.15, 0.2) is 24.3 Å². The molecule has 18 heavy (non-hydrogen) atoms. The number of hydrogen-bond donors (Lipinski definition) is 0. The molecule has 1 saturated heterocycles. The van der Waals surface area contributed by atoms with Crippen molar-refractivity contribution in [3.63, 3.8) is 0 Å². The highest BCUT2D eigenvalue weighted by Gasteiger charge is 2.12. The molecule has 4 nitrogen and oxygen atoms in total. The molecule has 0 bridgehead atoms. The molecule has 0 saturated carbocycles. The van der Waals surface area contributed by atoms with Crippen molar-refractivity contribution in [2.24, 2.45) is 0 Å². The Bertz CT molecular complexity index is 397. The lowest BCUT2D eigenvalue weighted by Gasteiger charge is -2.29. The maximum Gasteiger partial charge on any atom is 0.226 e. The number of morpholine rings is 1. The minimum absolute atomic E-state index is 0.133. The second kappa shape index (κ2) is 5.87. The van der Waals surface area contributed by atoms with Gasteiger partial charge < -0.3 is 14.5 Å². The number of hydrogen-bond acceptors (Lipinski definition) is 3. The molecule has 0 N–H and O–H groups in total. The average molecular weight is 248 g/mol. The third-order valence-electron chi connectivity index (χ3n) is 3.29. The van der Waals surface area contributed by atoms with E-state index in [0.29, 0.717) is 6.42 Å². The molecule has 0 unspecified atom stereocenters. The lowest BCUT2D eigenvalue weighted by Crippen LogP contribution is -2.36. The summed E-state index contributed by atoms with van der Waals surface area (Å²) >= 11 is 0. The molecule has 0 atom stereocenters. The summed E-state index contributed by atoms with van der Waals surface area (Å²) in [5.74, 6) is 0.133. The predicted molar refractivity (Wildman–Crippen MR) is 73.2 cm³/mol. The minimum atomic E-state index is 0.133. The fraction of sp³-hybridized carbons (Fsp3) is 0.500. The molecular weight excluding hydrogens is 228 g/mol. The topological polar surface area (TPSA) is 32.8 Å². The van der Waals surface area contributed by atoms with E-state index in [1.54, 1.807) is 4.90 Å². The summed E-state index contributed by atoms with van der Waals surface area (Å²) in [6.07, 6.45) is 0.529. The first-order chi connectivity index (χ1) is 8.72. The molecule has 1 aliphatic heterocycles. The second-order valence-electron chi connectivity index (χ2n) is 4.42. The Labute approximate surface area is 108 Å². The van der Waals surface area contributed by atoms with Gasteiger partial charge in [0.05, 0.1) is 13.2 Å². The van der Waals surface area contributed by atoms with E-state index in [1.807, 2.05) is 26.1 Å². The highest BCUT2D eigenvalue weighted by atomic mass is 16.5. The van der Waals surface area contributed by atoms with Crippen LogP contribution in [0.3, 0.4) is 0 Å². The number of benzene rings is 1. The molecule has 1 heterocycles. The highest BCUT2D eigenvalue weighted by Crippen LogP contribution is 2.21. The van der Waals surface area contributed by atoms with E-state index in [2.05, 4.69) is 17.0 Å². The van der Waals surface area contributed by atoms with Crippen LogP contribution >= 0.6 is 0 Å². The zero-order chi connectivity index (χ0) is 13.0. The van der Waals surface area contributed by atoms with Crippen LogP contribution in [-0.2, 0) is 9.53 Å². The van der Waals surface area contributed by atoms with Crippen molar-refractivity contribution in [2.75, 3.05) is 43.2 Å². The summed E-state index contributed by atoms with van der Waals surface area (Å²) in [7, 11) is 1.82. The maximum atomic E-state index is 11.6. The van der Waals surface area contributed by atoms with Crippen molar-refractivity contribution in [3.05, 3.63) is 24.3 Å². The number of amides is 1. The van der Waals surface area contributed by atoms with Crippen molar-refractivity contribution in [1.29, 1.82) is 0 Å². The first kappa shape index (κ1) is 12.9. The summed E-state index contributed by atoms with van der Waals surface area (Å²) in [4.78, 5) is 15.6. The fourth-order valence-electron chi connectivity index (χ4n) is 2.09. The van der Waals surface area contributed by atoms with Gasteiger partial charge in [-0.25, -0.2) is 0 Å². The molecular formula is C14H20N2O2. The number of anilines is 2.